The second kappa shape index (κ2) is 7.56. The number of ether oxygens (including phenoxy) is 1. The number of piperazine rings is 1. The molecule has 0 bridgehead atoms. The number of aromatic nitrogens is 1. The number of nitrogens with one attached hydrogen (secondary N) is 1. The van der Waals surface area contributed by atoms with Gasteiger partial charge in [0.05, 0.1) is 37.7 Å². The molecule has 0 saturated carbocycles. The highest BCUT2D eigenvalue weighted by Crippen LogP contribution is 2.26. The van der Waals surface area contributed by atoms with E-state index in [0.29, 0.717) is 28.2 Å². The predicted molar refractivity (Wildman–Crippen MR) is 90.5 cm³/mol. The van der Waals surface area contributed by atoms with Gasteiger partial charge >= 0.3 is 0 Å². The zero-order valence-electron chi connectivity index (χ0n) is 13.6. The first-order valence-electron chi connectivity index (χ1n) is 8.07. The number of oxazole rings is 1. The second-order valence-electron chi connectivity index (χ2n) is 5.68. The van der Waals surface area contributed by atoms with Crippen LogP contribution in [-0.2, 0) is 6.61 Å². The summed E-state index contributed by atoms with van der Waals surface area (Å²) >= 11 is 6.06. The number of rotatable bonds is 5. The molecule has 1 aromatic heterocycles. The third-order valence-corrected chi connectivity index (χ3v) is 4.52. The Morgan fingerprint density at radius 2 is 2.12 bits per heavy atom. The Bertz CT molecular complexity index is 732. The number of hydrogen-bond acceptors (Lipinski definition) is 5. The Kier molecular flexibility index (Phi) is 5.24. The van der Waals surface area contributed by atoms with Crippen LogP contribution in [0.2, 0.25) is 5.02 Å². The molecule has 1 N–H and O–H groups in total. The highest BCUT2D eigenvalue weighted by Gasteiger charge is 2.25. The number of halogens is 1. The Hall–Kier alpha value is -2.23. The van der Waals surface area contributed by atoms with Crippen molar-refractivity contribution in [2.45, 2.75) is 13.5 Å². The van der Waals surface area contributed by atoms with E-state index in [2.05, 4.69) is 22.9 Å². The SMILES string of the molecule is CC[NH+]1CCN(c2oc(COc3ccccc3Cl)nc2C#N)CC1. The van der Waals surface area contributed by atoms with Gasteiger partial charge in [-0.3, -0.25) is 0 Å². The molecule has 2 heterocycles. The molecule has 1 fully saturated rings. The summed E-state index contributed by atoms with van der Waals surface area (Å²) in [7, 11) is 0. The monoisotopic (exact) mass is 347 g/mol. The third kappa shape index (κ3) is 3.64. The first-order valence-corrected chi connectivity index (χ1v) is 8.44. The summed E-state index contributed by atoms with van der Waals surface area (Å²) in [5.41, 5.74) is 0.313. The lowest BCUT2D eigenvalue weighted by Gasteiger charge is -2.31. The largest absolute Gasteiger partial charge is 0.482 e. The lowest BCUT2D eigenvalue weighted by molar-refractivity contribution is -0.898. The van der Waals surface area contributed by atoms with E-state index in [9.17, 15) is 5.26 Å². The minimum absolute atomic E-state index is 0.137. The molecule has 6 nitrogen and oxygen atoms in total. The van der Waals surface area contributed by atoms with E-state index in [4.69, 9.17) is 20.8 Å². The highest BCUT2D eigenvalue weighted by atomic mass is 35.5. The molecule has 0 unspecified atom stereocenters. The maximum atomic E-state index is 9.32. The lowest BCUT2D eigenvalue weighted by atomic mass is 10.3. The second-order valence-corrected chi connectivity index (χ2v) is 6.09. The smallest absolute Gasteiger partial charge is 0.236 e. The molecule has 24 heavy (non-hydrogen) atoms. The fourth-order valence-corrected chi connectivity index (χ4v) is 2.98. The van der Waals surface area contributed by atoms with Crippen LogP contribution in [0.25, 0.3) is 0 Å². The zero-order valence-corrected chi connectivity index (χ0v) is 14.3. The Balaban J connectivity index is 1.69. The molecular formula is C17H20ClN4O2+. The van der Waals surface area contributed by atoms with Gasteiger partial charge in [-0.2, -0.15) is 10.2 Å². The molecule has 1 aliphatic rings. The predicted octanol–water partition coefficient (Wildman–Crippen LogP) is 1.50. The van der Waals surface area contributed by atoms with E-state index in [1.165, 1.54) is 0 Å². The van der Waals surface area contributed by atoms with E-state index in [1.54, 1.807) is 17.0 Å². The molecule has 0 atom stereocenters. The van der Waals surface area contributed by atoms with Gasteiger partial charge in [0.25, 0.3) is 0 Å². The first-order chi connectivity index (χ1) is 11.7. The van der Waals surface area contributed by atoms with Crippen molar-refractivity contribution in [2.24, 2.45) is 0 Å². The molecule has 1 saturated heterocycles. The number of hydrogen-bond donors (Lipinski definition) is 1. The summed E-state index contributed by atoms with van der Waals surface area (Å²) in [5, 5.41) is 9.85. The van der Waals surface area contributed by atoms with Crippen LogP contribution in [0.5, 0.6) is 5.75 Å². The van der Waals surface area contributed by atoms with Crippen molar-refractivity contribution < 1.29 is 14.1 Å². The van der Waals surface area contributed by atoms with E-state index in [0.717, 1.165) is 32.7 Å². The summed E-state index contributed by atoms with van der Waals surface area (Å²) in [5.74, 6) is 1.50. The molecule has 1 aliphatic heterocycles. The summed E-state index contributed by atoms with van der Waals surface area (Å²) in [6, 6.07) is 9.34. The van der Waals surface area contributed by atoms with Gasteiger partial charge in [0, 0.05) is 0 Å². The molecule has 3 rings (SSSR count). The van der Waals surface area contributed by atoms with Crippen LogP contribution in [-0.4, -0.2) is 37.7 Å². The number of likely N-dealkylation sites (N-methyl/N-ethyl adjacent to an activating group) is 1. The van der Waals surface area contributed by atoms with Crippen LogP contribution in [0.3, 0.4) is 0 Å². The highest BCUT2D eigenvalue weighted by molar-refractivity contribution is 6.32. The van der Waals surface area contributed by atoms with Crippen LogP contribution in [0.15, 0.2) is 28.7 Å². The third-order valence-electron chi connectivity index (χ3n) is 4.21. The van der Waals surface area contributed by atoms with Crippen molar-refractivity contribution in [1.29, 1.82) is 5.26 Å². The van der Waals surface area contributed by atoms with Gasteiger partial charge in [0.15, 0.2) is 6.61 Å². The maximum Gasteiger partial charge on any atom is 0.236 e. The number of nitriles is 1. The Labute approximate surface area is 146 Å². The van der Waals surface area contributed by atoms with E-state index < -0.39 is 0 Å². The Morgan fingerprint density at radius 1 is 1.38 bits per heavy atom. The van der Waals surface area contributed by atoms with Crippen LogP contribution >= 0.6 is 11.6 Å². The van der Waals surface area contributed by atoms with E-state index in [-0.39, 0.29) is 6.61 Å². The number of para-hydroxylation sites is 1. The number of anilines is 1. The molecule has 7 heteroatoms. The summed E-state index contributed by atoms with van der Waals surface area (Å²) < 4.78 is 11.4. The van der Waals surface area contributed by atoms with Crippen molar-refractivity contribution in [1.82, 2.24) is 4.98 Å². The fourth-order valence-electron chi connectivity index (χ4n) is 2.79. The maximum absolute atomic E-state index is 9.32. The van der Waals surface area contributed by atoms with Crippen molar-refractivity contribution in [3.05, 3.63) is 40.9 Å². The van der Waals surface area contributed by atoms with Crippen LogP contribution in [0.1, 0.15) is 18.5 Å². The van der Waals surface area contributed by atoms with Crippen LogP contribution in [0, 0.1) is 11.3 Å². The minimum Gasteiger partial charge on any atom is -0.482 e. The van der Waals surface area contributed by atoms with Gasteiger partial charge in [-0.1, -0.05) is 23.7 Å². The summed E-state index contributed by atoms with van der Waals surface area (Å²) in [6.45, 7) is 7.23. The molecule has 0 spiro atoms. The quantitative estimate of drug-likeness (QED) is 0.888. The first kappa shape index (κ1) is 16.6. The van der Waals surface area contributed by atoms with Gasteiger partial charge in [-0.05, 0) is 19.1 Å². The van der Waals surface area contributed by atoms with Crippen molar-refractivity contribution in [3.8, 4) is 11.8 Å². The van der Waals surface area contributed by atoms with Crippen LogP contribution < -0.4 is 14.5 Å². The molecule has 0 radical (unpaired) electrons. The van der Waals surface area contributed by atoms with Gasteiger partial charge in [-0.15, -0.1) is 0 Å². The average Bonchev–Trinajstić information content (AvgIpc) is 3.04. The molecule has 2 aromatic rings. The van der Waals surface area contributed by atoms with E-state index >= 15 is 0 Å². The van der Waals surface area contributed by atoms with Gasteiger partial charge in [0.2, 0.25) is 17.5 Å². The number of quaternary nitrogens is 1. The van der Waals surface area contributed by atoms with E-state index in [1.807, 2.05) is 12.1 Å². The lowest BCUT2D eigenvalue weighted by Crippen LogP contribution is -3.14. The van der Waals surface area contributed by atoms with Gasteiger partial charge < -0.3 is 19.0 Å². The van der Waals surface area contributed by atoms with Gasteiger partial charge in [0.1, 0.15) is 11.8 Å². The number of nitrogens with zero attached hydrogens (tertiary/aromatic N) is 3. The molecule has 0 aliphatic carbocycles. The summed E-state index contributed by atoms with van der Waals surface area (Å²) in [6.07, 6.45) is 0. The van der Waals surface area contributed by atoms with Gasteiger partial charge in [-0.25, -0.2) is 0 Å². The molecule has 1 aromatic carbocycles. The van der Waals surface area contributed by atoms with Crippen LogP contribution in [0.4, 0.5) is 5.88 Å². The average molecular weight is 348 g/mol. The standard InChI is InChI=1S/C17H19ClN4O2/c1-2-21-7-9-22(10-8-21)17-14(11-19)20-16(24-17)12-23-15-6-4-3-5-13(15)18/h3-6H,2,7-10,12H2,1H3/p+1. The van der Waals surface area contributed by atoms with Crippen molar-refractivity contribution in [3.63, 3.8) is 0 Å². The minimum atomic E-state index is 0.137. The normalized spacial score (nSPS) is 15.3. The molecular weight excluding hydrogens is 328 g/mol. The fraction of sp³-hybridized carbons (Fsp3) is 0.412. The molecule has 0 amide bonds. The van der Waals surface area contributed by atoms with Crippen molar-refractivity contribution in [2.75, 3.05) is 37.6 Å². The Morgan fingerprint density at radius 3 is 2.79 bits per heavy atom. The summed E-state index contributed by atoms with van der Waals surface area (Å²) in [4.78, 5) is 7.89. The zero-order chi connectivity index (χ0) is 16.9. The van der Waals surface area contributed by atoms with Crippen molar-refractivity contribution >= 4 is 17.5 Å². The topological polar surface area (TPSA) is 66.7 Å². The molecule has 126 valence electrons. The number of benzene rings is 1.